The first kappa shape index (κ1) is 15.3. The Morgan fingerprint density at radius 2 is 2.00 bits per heavy atom. The summed E-state index contributed by atoms with van der Waals surface area (Å²) in [5.41, 5.74) is 8.61. The van der Waals surface area contributed by atoms with Gasteiger partial charge in [0.25, 0.3) is 0 Å². The van der Waals surface area contributed by atoms with E-state index in [9.17, 15) is 0 Å². The fourth-order valence-electron chi connectivity index (χ4n) is 2.47. The van der Waals surface area contributed by atoms with Gasteiger partial charge >= 0.3 is 0 Å². The summed E-state index contributed by atoms with van der Waals surface area (Å²) in [5, 5.41) is 17.8. The highest BCUT2D eigenvalue weighted by Crippen LogP contribution is 2.32. The smallest absolute Gasteiger partial charge is 0.130 e. The SMILES string of the molecule is CCc1nnc(SC2CCOCC2)c(C(=N)N)c1CC. The summed E-state index contributed by atoms with van der Waals surface area (Å²) in [4.78, 5) is 0. The van der Waals surface area contributed by atoms with Crippen LogP contribution < -0.4 is 5.73 Å². The van der Waals surface area contributed by atoms with Crippen LogP contribution in [0, 0.1) is 5.41 Å². The maximum absolute atomic E-state index is 7.88. The van der Waals surface area contributed by atoms with Crippen molar-refractivity contribution in [2.45, 2.75) is 49.8 Å². The molecule has 0 unspecified atom stereocenters. The van der Waals surface area contributed by atoms with E-state index in [0.717, 1.165) is 60.7 Å². The summed E-state index contributed by atoms with van der Waals surface area (Å²) >= 11 is 1.69. The average molecular weight is 294 g/mol. The van der Waals surface area contributed by atoms with Crippen LogP contribution in [0.3, 0.4) is 0 Å². The number of rotatable bonds is 5. The minimum absolute atomic E-state index is 0.0982. The van der Waals surface area contributed by atoms with Crippen molar-refractivity contribution in [3.05, 3.63) is 16.8 Å². The summed E-state index contributed by atoms with van der Waals surface area (Å²) in [6, 6.07) is 0. The highest BCUT2D eigenvalue weighted by Gasteiger charge is 2.22. The van der Waals surface area contributed by atoms with Crippen molar-refractivity contribution in [2.24, 2.45) is 5.73 Å². The molecule has 1 aliphatic heterocycles. The molecule has 5 nitrogen and oxygen atoms in total. The van der Waals surface area contributed by atoms with E-state index in [0.29, 0.717) is 5.25 Å². The summed E-state index contributed by atoms with van der Waals surface area (Å²) in [6.45, 7) is 5.73. The Bertz CT molecular complexity index is 486. The second-order valence-electron chi connectivity index (χ2n) is 4.86. The lowest BCUT2D eigenvalue weighted by atomic mass is 10.0. The summed E-state index contributed by atoms with van der Waals surface area (Å²) in [5.74, 6) is 0.0982. The molecule has 6 heteroatoms. The molecule has 1 aliphatic rings. The van der Waals surface area contributed by atoms with Crippen molar-refractivity contribution < 1.29 is 4.74 Å². The monoisotopic (exact) mass is 294 g/mol. The van der Waals surface area contributed by atoms with E-state index in [-0.39, 0.29) is 5.84 Å². The molecule has 0 bridgehead atoms. The second-order valence-corrected chi connectivity index (χ2v) is 6.14. The summed E-state index contributed by atoms with van der Waals surface area (Å²) < 4.78 is 5.38. The Morgan fingerprint density at radius 1 is 1.30 bits per heavy atom. The van der Waals surface area contributed by atoms with Crippen molar-refractivity contribution in [3.63, 3.8) is 0 Å². The topological polar surface area (TPSA) is 84.9 Å². The van der Waals surface area contributed by atoms with E-state index in [1.54, 1.807) is 11.8 Å². The van der Waals surface area contributed by atoms with Gasteiger partial charge in [-0.3, -0.25) is 5.41 Å². The minimum atomic E-state index is 0.0982. The first-order valence-electron chi connectivity index (χ1n) is 7.14. The van der Waals surface area contributed by atoms with Crippen molar-refractivity contribution >= 4 is 17.6 Å². The molecule has 0 spiro atoms. The molecule has 0 aromatic carbocycles. The van der Waals surface area contributed by atoms with Gasteiger partial charge in [0.15, 0.2) is 0 Å². The Morgan fingerprint density at radius 3 is 2.55 bits per heavy atom. The number of aromatic nitrogens is 2. The van der Waals surface area contributed by atoms with Crippen molar-refractivity contribution in [2.75, 3.05) is 13.2 Å². The Labute approximate surface area is 124 Å². The van der Waals surface area contributed by atoms with E-state index in [1.807, 2.05) is 0 Å². The van der Waals surface area contributed by atoms with Crippen LogP contribution in [-0.2, 0) is 17.6 Å². The van der Waals surface area contributed by atoms with Crippen LogP contribution in [0.4, 0.5) is 0 Å². The second kappa shape index (κ2) is 7.04. The number of nitrogens with two attached hydrogens (primary N) is 1. The quantitative estimate of drug-likeness (QED) is 0.642. The van der Waals surface area contributed by atoms with Gasteiger partial charge in [0.1, 0.15) is 10.9 Å². The van der Waals surface area contributed by atoms with Crippen LogP contribution in [0.25, 0.3) is 0 Å². The zero-order chi connectivity index (χ0) is 14.5. The molecule has 1 aromatic heterocycles. The van der Waals surface area contributed by atoms with Crippen LogP contribution >= 0.6 is 11.8 Å². The van der Waals surface area contributed by atoms with Crippen LogP contribution in [0.5, 0.6) is 0 Å². The molecule has 2 rings (SSSR count). The van der Waals surface area contributed by atoms with E-state index in [4.69, 9.17) is 15.9 Å². The largest absolute Gasteiger partial charge is 0.384 e. The van der Waals surface area contributed by atoms with E-state index in [2.05, 4.69) is 24.0 Å². The molecule has 20 heavy (non-hydrogen) atoms. The predicted molar refractivity (Wildman–Crippen MR) is 81.5 cm³/mol. The van der Waals surface area contributed by atoms with Gasteiger partial charge in [-0.2, -0.15) is 5.10 Å². The number of aryl methyl sites for hydroxylation is 1. The molecular weight excluding hydrogens is 272 g/mol. The number of amidine groups is 1. The zero-order valence-electron chi connectivity index (χ0n) is 12.1. The first-order chi connectivity index (χ1) is 9.67. The van der Waals surface area contributed by atoms with Gasteiger partial charge in [-0.25, -0.2) is 0 Å². The lowest BCUT2D eigenvalue weighted by Crippen LogP contribution is -2.21. The van der Waals surface area contributed by atoms with E-state index < -0.39 is 0 Å². The lowest BCUT2D eigenvalue weighted by Gasteiger charge is -2.22. The van der Waals surface area contributed by atoms with Gasteiger partial charge in [-0.05, 0) is 31.2 Å². The van der Waals surface area contributed by atoms with Gasteiger partial charge in [0.05, 0.1) is 11.3 Å². The number of nitrogens with zero attached hydrogens (tertiary/aromatic N) is 2. The standard InChI is InChI=1S/C14H22N4OS/c1-3-10-11(4-2)17-18-14(12(10)13(15)16)20-9-5-7-19-8-6-9/h9H,3-8H2,1-2H3,(H3,15,16). The molecule has 110 valence electrons. The van der Waals surface area contributed by atoms with Crippen molar-refractivity contribution in [1.82, 2.24) is 10.2 Å². The van der Waals surface area contributed by atoms with E-state index >= 15 is 0 Å². The molecule has 2 heterocycles. The van der Waals surface area contributed by atoms with Crippen molar-refractivity contribution in [3.8, 4) is 0 Å². The average Bonchev–Trinajstić information content (AvgIpc) is 2.47. The third-order valence-electron chi connectivity index (χ3n) is 3.53. The molecule has 0 amide bonds. The molecule has 1 fully saturated rings. The minimum Gasteiger partial charge on any atom is -0.384 e. The zero-order valence-corrected chi connectivity index (χ0v) is 12.9. The molecule has 0 radical (unpaired) electrons. The Hall–Kier alpha value is -1.14. The molecule has 1 saturated heterocycles. The highest BCUT2D eigenvalue weighted by molar-refractivity contribution is 7.99. The highest BCUT2D eigenvalue weighted by atomic mass is 32.2. The Balaban J connectivity index is 2.33. The van der Waals surface area contributed by atoms with Gasteiger partial charge in [0.2, 0.25) is 0 Å². The van der Waals surface area contributed by atoms with Gasteiger partial charge in [-0.1, -0.05) is 13.8 Å². The number of hydrogen-bond donors (Lipinski definition) is 2. The van der Waals surface area contributed by atoms with Crippen LogP contribution in [0.15, 0.2) is 5.03 Å². The molecule has 0 aliphatic carbocycles. The summed E-state index contributed by atoms with van der Waals surface area (Å²) in [7, 11) is 0. The molecule has 1 aromatic rings. The molecule has 0 atom stereocenters. The number of thioether (sulfide) groups is 1. The Kier molecular flexibility index (Phi) is 5.37. The third kappa shape index (κ3) is 3.30. The normalized spacial score (nSPS) is 16.3. The van der Waals surface area contributed by atoms with Crippen LogP contribution in [0.2, 0.25) is 0 Å². The summed E-state index contributed by atoms with van der Waals surface area (Å²) in [6.07, 6.45) is 3.68. The van der Waals surface area contributed by atoms with E-state index in [1.165, 1.54) is 0 Å². The number of hydrogen-bond acceptors (Lipinski definition) is 5. The fraction of sp³-hybridized carbons (Fsp3) is 0.643. The van der Waals surface area contributed by atoms with Gasteiger partial charge in [-0.15, -0.1) is 16.9 Å². The molecular formula is C14H22N4OS. The lowest BCUT2D eigenvalue weighted by molar-refractivity contribution is 0.1000. The number of nitrogen functional groups attached to an aromatic ring is 1. The fourth-order valence-corrected chi connectivity index (χ4v) is 3.65. The molecule has 0 saturated carbocycles. The number of ether oxygens (including phenoxy) is 1. The van der Waals surface area contributed by atoms with Gasteiger partial charge < -0.3 is 10.5 Å². The molecule has 3 N–H and O–H groups in total. The van der Waals surface area contributed by atoms with Crippen LogP contribution in [-0.4, -0.2) is 34.5 Å². The van der Waals surface area contributed by atoms with Crippen molar-refractivity contribution in [1.29, 1.82) is 5.41 Å². The third-order valence-corrected chi connectivity index (χ3v) is 4.84. The maximum Gasteiger partial charge on any atom is 0.130 e. The maximum atomic E-state index is 7.88. The number of nitrogens with one attached hydrogen (secondary N) is 1. The predicted octanol–water partition coefficient (Wildman–Crippen LogP) is 2.16. The first-order valence-corrected chi connectivity index (χ1v) is 8.02. The van der Waals surface area contributed by atoms with Crippen LogP contribution in [0.1, 0.15) is 43.5 Å². The van der Waals surface area contributed by atoms with Gasteiger partial charge in [0, 0.05) is 18.5 Å².